The van der Waals surface area contributed by atoms with E-state index in [9.17, 15) is 4.39 Å². The summed E-state index contributed by atoms with van der Waals surface area (Å²) in [6.07, 6.45) is 0. The molecule has 0 spiro atoms. The second-order valence-electron chi connectivity index (χ2n) is 3.84. The molecule has 4 nitrogen and oxygen atoms in total. The zero-order valence-corrected chi connectivity index (χ0v) is 9.97. The quantitative estimate of drug-likeness (QED) is 0.889. The summed E-state index contributed by atoms with van der Waals surface area (Å²) < 4.78 is 19.3. The fourth-order valence-electron chi connectivity index (χ4n) is 1.76. The number of nitrogens with one attached hydrogen (secondary N) is 1. The smallest absolute Gasteiger partial charge is 0.198 e. The first-order chi connectivity index (χ1) is 8.31. The normalized spacial score (nSPS) is 17.5. The maximum Gasteiger partial charge on any atom is 0.198 e. The van der Waals surface area contributed by atoms with Crippen molar-refractivity contribution < 1.29 is 9.13 Å². The van der Waals surface area contributed by atoms with Gasteiger partial charge in [0.1, 0.15) is 5.82 Å². The topological polar surface area (TPSA) is 37.4 Å². The fraction of sp³-hybridized carbons (Fsp3) is 0.364. The molecular weight excluding hydrogens is 241 g/mol. The van der Waals surface area contributed by atoms with Gasteiger partial charge in [0.2, 0.25) is 0 Å². The van der Waals surface area contributed by atoms with Crippen LogP contribution in [0.25, 0.3) is 10.2 Å². The van der Waals surface area contributed by atoms with Gasteiger partial charge in [0.05, 0.1) is 23.4 Å². The number of rotatable bonds is 2. The SMILES string of the molecule is Fc1ccc2sc(NN3CCOCC3)nc2c1. The van der Waals surface area contributed by atoms with E-state index >= 15 is 0 Å². The van der Waals surface area contributed by atoms with E-state index in [2.05, 4.69) is 15.4 Å². The summed E-state index contributed by atoms with van der Waals surface area (Å²) in [5.74, 6) is -0.249. The lowest BCUT2D eigenvalue weighted by Crippen LogP contribution is -2.40. The summed E-state index contributed by atoms with van der Waals surface area (Å²) in [4.78, 5) is 4.35. The highest BCUT2D eigenvalue weighted by Gasteiger charge is 2.12. The lowest BCUT2D eigenvalue weighted by Gasteiger charge is -2.26. The van der Waals surface area contributed by atoms with Crippen molar-refractivity contribution in [2.24, 2.45) is 0 Å². The number of anilines is 1. The molecule has 1 N–H and O–H groups in total. The van der Waals surface area contributed by atoms with Gasteiger partial charge in [0.15, 0.2) is 5.13 Å². The number of fused-ring (bicyclic) bond motifs is 1. The van der Waals surface area contributed by atoms with Crippen molar-refractivity contribution in [2.45, 2.75) is 0 Å². The number of benzene rings is 1. The number of hydrogen-bond donors (Lipinski definition) is 1. The summed E-state index contributed by atoms with van der Waals surface area (Å²) in [6.45, 7) is 3.13. The Balaban J connectivity index is 1.80. The van der Waals surface area contributed by atoms with Gasteiger partial charge in [-0.2, -0.15) is 0 Å². The van der Waals surface area contributed by atoms with Gasteiger partial charge in [-0.15, -0.1) is 0 Å². The van der Waals surface area contributed by atoms with Crippen LogP contribution < -0.4 is 5.43 Å². The predicted octanol–water partition coefficient (Wildman–Crippen LogP) is 2.09. The summed E-state index contributed by atoms with van der Waals surface area (Å²) in [5.41, 5.74) is 3.93. The third-order valence-corrected chi connectivity index (χ3v) is 3.56. The maximum atomic E-state index is 13.0. The number of hydrazine groups is 1. The van der Waals surface area contributed by atoms with Crippen LogP contribution in [-0.4, -0.2) is 36.3 Å². The Hall–Kier alpha value is -1.24. The molecule has 0 bridgehead atoms. The Bertz CT molecular complexity index is 524. The van der Waals surface area contributed by atoms with Gasteiger partial charge in [-0.05, 0) is 12.1 Å². The molecule has 1 aliphatic rings. The van der Waals surface area contributed by atoms with Crippen LogP contribution in [0.2, 0.25) is 0 Å². The molecule has 0 radical (unpaired) electrons. The lowest BCUT2D eigenvalue weighted by molar-refractivity contribution is 0.0497. The van der Waals surface area contributed by atoms with E-state index in [4.69, 9.17) is 4.74 Å². The Morgan fingerprint density at radius 1 is 1.35 bits per heavy atom. The minimum absolute atomic E-state index is 0.249. The standard InChI is InChI=1S/C11H12FN3OS/c12-8-1-2-10-9(7-8)13-11(17-10)14-15-3-5-16-6-4-15/h1-2,7H,3-6H2,(H,13,14). The van der Waals surface area contributed by atoms with E-state index in [1.807, 2.05) is 0 Å². The average molecular weight is 253 g/mol. The number of morpholine rings is 1. The Morgan fingerprint density at radius 3 is 3.00 bits per heavy atom. The van der Waals surface area contributed by atoms with Crippen molar-refractivity contribution in [3.63, 3.8) is 0 Å². The fourth-order valence-corrected chi connectivity index (χ4v) is 2.63. The molecule has 0 aliphatic carbocycles. The minimum Gasteiger partial charge on any atom is -0.379 e. The molecule has 1 aromatic heterocycles. The molecule has 0 saturated carbocycles. The monoisotopic (exact) mass is 253 g/mol. The summed E-state index contributed by atoms with van der Waals surface area (Å²) >= 11 is 1.53. The zero-order valence-electron chi connectivity index (χ0n) is 9.15. The van der Waals surface area contributed by atoms with Crippen molar-refractivity contribution in [2.75, 3.05) is 31.7 Å². The van der Waals surface area contributed by atoms with Crippen LogP contribution in [0.4, 0.5) is 9.52 Å². The molecular formula is C11H12FN3OS. The van der Waals surface area contributed by atoms with E-state index in [-0.39, 0.29) is 5.82 Å². The summed E-state index contributed by atoms with van der Waals surface area (Å²) in [6, 6.07) is 4.67. The predicted molar refractivity (Wildman–Crippen MR) is 65.6 cm³/mol. The van der Waals surface area contributed by atoms with E-state index in [0.29, 0.717) is 5.52 Å². The van der Waals surface area contributed by atoms with Crippen LogP contribution in [-0.2, 0) is 4.74 Å². The van der Waals surface area contributed by atoms with Crippen LogP contribution in [0.5, 0.6) is 0 Å². The summed E-state index contributed by atoms with van der Waals surface area (Å²) in [5, 5.41) is 2.87. The molecule has 1 saturated heterocycles. The highest BCUT2D eigenvalue weighted by atomic mass is 32.1. The van der Waals surface area contributed by atoms with Crippen molar-refractivity contribution in [3.05, 3.63) is 24.0 Å². The first-order valence-corrected chi connectivity index (χ1v) is 6.28. The average Bonchev–Trinajstić information content (AvgIpc) is 2.71. The van der Waals surface area contributed by atoms with E-state index in [0.717, 1.165) is 36.1 Å². The van der Waals surface area contributed by atoms with E-state index in [1.165, 1.54) is 23.5 Å². The van der Waals surface area contributed by atoms with Crippen molar-refractivity contribution in [1.29, 1.82) is 0 Å². The van der Waals surface area contributed by atoms with Crippen LogP contribution >= 0.6 is 11.3 Å². The van der Waals surface area contributed by atoms with Gasteiger partial charge in [0.25, 0.3) is 0 Å². The molecule has 1 aliphatic heterocycles. The van der Waals surface area contributed by atoms with Crippen LogP contribution in [0, 0.1) is 5.82 Å². The second kappa shape index (κ2) is 4.56. The molecule has 3 rings (SSSR count). The van der Waals surface area contributed by atoms with Gasteiger partial charge in [-0.3, -0.25) is 5.43 Å². The van der Waals surface area contributed by atoms with Gasteiger partial charge >= 0.3 is 0 Å². The number of thiazole rings is 1. The van der Waals surface area contributed by atoms with Crippen molar-refractivity contribution >= 4 is 26.7 Å². The van der Waals surface area contributed by atoms with Crippen molar-refractivity contribution in [3.8, 4) is 0 Å². The molecule has 2 heterocycles. The molecule has 0 amide bonds. The third-order valence-electron chi connectivity index (χ3n) is 2.61. The van der Waals surface area contributed by atoms with Gasteiger partial charge in [-0.25, -0.2) is 14.4 Å². The first kappa shape index (κ1) is 10.9. The number of aromatic nitrogens is 1. The second-order valence-corrected chi connectivity index (χ2v) is 4.87. The highest BCUT2D eigenvalue weighted by Crippen LogP contribution is 2.26. The van der Waals surface area contributed by atoms with E-state index < -0.39 is 0 Å². The molecule has 1 fully saturated rings. The molecule has 17 heavy (non-hydrogen) atoms. The largest absolute Gasteiger partial charge is 0.379 e. The third kappa shape index (κ3) is 2.38. The number of halogens is 1. The number of hydrogen-bond acceptors (Lipinski definition) is 5. The molecule has 90 valence electrons. The van der Waals surface area contributed by atoms with Crippen molar-refractivity contribution in [1.82, 2.24) is 9.99 Å². The maximum absolute atomic E-state index is 13.0. The Kier molecular flexibility index (Phi) is 2.92. The molecule has 1 aromatic carbocycles. The molecule has 0 atom stereocenters. The lowest BCUT2D eigenvalue weighted by atomic mass is 10.3. The van der Waals surface area contributed by atoms with Crippen LogP contribution in [0.1, 0.15) is 0 Å². The highest BCUT2D eigenvalue weighted by molar-refractivity contribution is 7.22. The Morgan fingerprint density at radius 2 is 2.18 bits per heavy atom. The van der Waals surface area contributed by atoms with Crippen LogP contribution in [0.15, 0.2) is 18.2 Å². The zero-order chi connectivity index (χ0) is 11.7. The Labute approximate surface area is 102 Å². The van der Waals surface area contributed by atoms with E-state index in [1.54, 1.807) is 6.07 Å². The van der Waals surface area contributed by atoms with Gasteiger partial charge < -0.3 is 4.74 Å². The van der Waals surface area contributed by atoms with Crippen LogP contribution in [0.3, 0.4) is 0 Å². The first-order valence-electron chi connectivity index (χ1n) is 5.47. The molecule has 0 unspecified atom stereocenters. The summed E-state index contributed by atoms with van der Waals surface area (Å²) in [7, 11) is 0. The van der Waals surface area contributed by atoms with Gasteiger partial charge in [0, 0.05) is 19.2 Å². The number of nitrogens with zero attached hydrogens (tertiary/aromatic N) is 2. The molecule has 2 aromatic rings. The minimum atomic E-state index is -0.249. The number of ether oxygens (including phenoxy) is 1. The molecule has 6 heteroatoms. The van der Waals surface area contributed by atoms with Gasteiger partial charge in [-0.1, -0.05) is 11.3 Å².